The lowest BCUT2D eigenvalue weighted by Gasteiger charge is -2.23. The number of amides is 1. The minimum absolute atomic E-state index is 0.153. The van der Waals surface area contributed by atoms with Crippen molar-refractivity contribution in [2.75, 3.05) is 6.61 Å². The van der Waals surface area contributed by atoms with Crippen LogP contribution in [0.4, 0.5) is 0 Å². The number of ether oxygens (including phenoxy) is 1. The summed E-state index contributed by atoms with van der Waals surface area (Å²) in [5.74, 6) is -0.257. The van der Waals surface area contributed by atoms with Gasteiger partial charge in [0.15, 0.2) is 6.61 Å². The summed E-state index contributed by atoms with van der Waals surface area (Å²) >= 11 is 0. The molecule has 0 spiro atoms. The minimum Gasteiger partial charge on any atom is -0.452 e. The van der Waals surface area contributed by atoms with Gasteiger partial charge < -0.3 is 10.1 Å². The Bertz CT molecular complexity index is 1100. The third kappa shape index (κ3) is 6.03. The van der Waals surface area contributed by atoms with Crippen LogP contribution >= 0.6 is 0 Å². The summed E-state index contributed by atoms with van der Waals surface area (Å²) in [6.07, 6.45) is 4.69. The van der Waals surface area contributed by atoms with Crippen molar-refractivity contribution in [3.63, 3.8) is 0 Å². The summed E-state index contributed by atoms with van der Waals surface area (Å²) in [6, 6.07) is 17.7. The second-order valence-corrected chi connectivity index (χ2v) is 8.47. The number of rotatable bonds is 8. The summed E-state index contributed by atoms with van der Waals surface area (Å²) in [4.78, 5) is 28.9. The van der Waals surface area contributed by atoms with Gasteiger partial charge in [-0.25, -0.2) is 4.79 Å². The Morgan fingerprint density at radius 3 is 2.34 bits per heavy atom. The molecule has 1 heterocycles. The standard InChI is InChI=1S/C27H30N2O3/c1-18(2)20-10-12-23(13-11-20)26(19(3)4)29-24(30)17-32-25(31)15-14-22-8-5-7-21-9-6-16-28-27(21)22/h5-16,18-19,26H,17H2,1-4H3,(H,29,30)/b15-14+. The highest BCUT2D eigenvalue weighted by molar-refractivity contribution is 5.93. The monoisotopic (exact) mass is 430 g/mol. The highest BCUT2D eigenvalue weighted by Crippen LogP contribution is 2.24. The van der Waals surface area contributed by atoms with Gasteiger partial charge in [0.25, 0.3) is 5.91 Å². The van der Waals surface area contributed by atoms with Crippen molar-refractivity contribution in [3.8, 4) is 0 Å². The number of nitrogens with zero attached hydrogens (tertiary/aromatic N) is 1. The van der Waals surface area contributed by atoms with Gasteiger partial charge in [0.05, 0.1) is 11.6 Å². The maximum atomic E-state index is 12.4. The Kier molecular flexibility index (Phi) is 7.77. The van der Waals surface area contributed by atoms with Crippen molar-refractivity contribution in [1.82, 2.24) is 10.3 Å². The molecule has 1 unspecified atom stereocenters. The molecule has 1 N–H and O–H groups in total. The molecule has 3 aromatic rings. The topological polar surface area (TPSA) is 68.3 Å². The van der Waals surface area contributed by atoms with Crippen molar-refractivity contribution < 1.29 is 14.3 Å². The van der Waals surface area contributed by atoms with Crippen molar-refractivity contribution in [2.24, 2.45) is 5.92 Å². The molecule has 1 aromatic heterocycles. The lowest BCUT2D eigenvalue weighted by atomic mass is 9.93. The lowest BCUT2D eigenvalue weighted by Crippen LogP contribution is -2.34. The summed E-state index contributed by atoms with van der Waals surface area (Å²) in [7, 11) is 0. The van der Waals surface area contributed by atoms with E-state index in [4.69, 9.17) is 4.74 Å². The molecule has 5 nitrogen and oxygen atoms in total. The first-order valence-electron chi connectivity index (χ1n) is 10.9. The maximum Gasteiger partial charge on any atom is 0.331 e. The Hall–Kier alpha value is -3.47. The van der Waals surface area contributed by atoms with Crippen LogP contribution in [0.15, 0.2) is 66.9 Å². The van der Waals surface area contributed by atoms with Gasteiger partial charge in [-0.1, -0.05) is 76.2 Å². The summed E-state index contributed by atoms with van der Waals surface area (Å²) in [5.41, 5.74) is 3.91. The number of para-hydroxylation sites is 1. The number of hydrogen-bond acceptors (Lipinski definition) is 4. The smallest absolute Gasteiger partial charge is 0.331 e. The predicted octanol–water partition coefficient (Wildman–Crippen LogP) is 5.43. The van der Waals surface area contributed by atoms with E-state index >= 15 is 0 Å². The van der Waals surface area contributed by atoms with Crippen LogP contribution in [-0.2, 0) is 14.3 Å². The number of hydrogen-bond donors (Lipinski definition) is 1. The van der Waals surface area contributed by atoms with Gasteiger partial charge in [-0.05, 0) is 35.1 Å². The van der Waals surface area contributed by atoms with Crippen molar-refractivity contribution in [3.05, 3.63) is 83.6 Å². The zero-order valence-electron chi connectivity index (χ0n) is 19.0. The fourth-order valence-electron chi connectivity index (χ4n) is 3.54. The number of fused-ring (bicyclic) bond motifs is 1. The van der Waals surface area contributed by atoms with E-state index < -0.39 is 5.97 Å². The minimum atomic E-state index is -0.574. The molecule has 3 rings (SSSR count). The van der Waals surface area contributed by atoms with E-state index in [1.165, 1.54) is 11.6 Å². The van der Waals surface area contributed by atoms with Crippen LogP contribution in [0.1, 0.15) is 56.3 Å². The largest absolute Gasteiger partial charge is 0.452 e. The van der Waals surface area contributed by atoms with E-state index in [0.717, 1.165) is 22.0 Å². The molecule has 2 aromatic carbocycles. The van der Waals surface area contributed by atoms with Crippen LogP contribution < -0.4 is 5.32 Å². The second kappa shape index (κ2) is 10.7. The molecule has 0 aliphatic carbocycles. The SMILES string of the molecule is CC(C)c1ccc(C(NC(=O)COC(=O)/C=C/c2cccc3cccnc23)C(C)C)cc1. The normalized spacial score (nSPS) is 12.4. The molecular weight excluding hydrogens is 400 g/mol. The molecule has 0 bridgehead atoms. The first-order chi connectivity index (χ1) is 15.3. The van der Waals surface area contributed by atoms with Crippen LogP contribution in [0.5, 0.6) is 0 Å². The first kappa shape index (κ1) is 23.2. The molecule has 5 heteroatoms. The molecular formula is C27H30N2O3. The Morgan fingerprint density at radius 1 is 0.969 bits per heavy atom. The molecule has 0 aliphatic heterocycles. The Balaban J connectivity index is 1.57. The van der Waals surface area contributed by atoms with Crippen molar-refractivity contribution >= 4 is 28.9 Å². The number of benzene rings is 2. The van der Waals surface area contributed by atoms with Gasteiger partial charge >= 0.3 is 5.97 Å². The van der Waals surface area contributed by atoms with Crippen LogP contribution in [0.2, 0.25) is 0 Å². The van der Waals surface area contributed by atoms with Gasteiger partial charge in [-0.2, -0.15) is 0 Å². The highest BCUT2D eigenvalue weighted by Gasteiger charge is 2.19. The van der Waals surface area contributed by atoms with Gasteiger partial charge in [0.2, 0.25) is 0 Å². The van der Waals surface area contributed by atoms with Crippen LogP contribution in [0.25, 0.3) is 17.0 Å². The maximum absolute atomic E-state index is 12.4. The number of nitrogens with one attached hydrogen (secondary N) is 1. The number of carbonyl (C=O) groups is 2. The Morgan fingerprint density at radius 2 is 1.66 bits per heavy atom. The van der Waals surface area contributed by atoms with Crippen molar-refractivity contribution in [1.29, 1.82) is 0 Å². The van der Waals surface area contributed by atoms with Gasteiger partial charge in [0, 0.05) is 23.2 Å². The van der Waals surface area contributed by atoms with Crippen LogP contribution in [0.3, 0.4) is 0 Å². The fraction of sp³-hybridized carbons (Fsp3) is 0.296. The quantitative estimate of drug-likeness (QED) is 0.382. The molecule has 166 valence electrons. The van der Waals surface area contributed by atoms with Gasteiger partial charge in [-0.15, -0.1) is 0 Å². The molecule has 0 aliphatic rings. The highest BCUT2D eigenvalue weighted by atomic mass is 16.5. The zero-order chi connectivity index (χ0) is 23.1. The average molecular weight is 431 g/mol. The third-order valence-electron chi connectivity index (χ3n) is 5.35. The van der Waals surface area contributed by atoms with Crippen LogP contribution in [0, 0.1) is 5.92 Å². The fourth-order valence-corrected chi connectivity index (χ4v) is 3.54. The molecule has 32 heavy (non-hydrogen) atoms. The summed E-state index contributed by atoms with van der Waals surface area (Å²) in [6.45, 7) is 8.07. The molecule has 1 amide bonds. The van der Waals surface area contributed by atoms with Crippen molar-refractivity contribution in [2.45, 2.75) is 39.7 Å². The second-order valence-electron chi connectivity index (χ2n) is 8.47. The first-order valence-corrected chi connectivity index (χ1v) is 10.9. The van der Waals surface area contributed by atoms with E-state index in [2.05, 4.69) is 36.3 Å². The van der Waals surface area contributed by atoms with Crippen LogP contribution in [-0.4, -0.2) is 23.5 Å². The molecule has 0 saturated heterocycles. The van der Waals surface area contributed by atoms with E-state index in [1.807, 2.05) is 56.3 Å². The van der Waals surface area contributed by atoms with Gasteiger partial charge in [0.1, 0.15) is 0 Å². The van der Waals surface area contributed by atoms with E-state index in [9.17, 15) is 9.59 Å². The van der Waals surface area contributed by atoms with E-state index in [-0.39, 0.29) is 24.5 Å². The third-order valence-corrected chi connectivity index (χ3v) is 5.35. The van der Waals surface area contributed by atoms with E-state index in [1.54, 1.807) is 12.3 Å². The number of pyridine rings is 1. The summed E-state index contributed by atoms with van der Waals surface area (Å²) < 4.78 is 5.15. The number of carbonyl (C=O) groups excluding carboxylic acids is 2. The van der Waals surface area contributed by atoms with E-state index in [0.29, 0.717) is 5.92 Å². The molecule has 0 radical (unpaired) electrons. The van der Waals surface area contributed by atoms with Gasteiger partial charge in [-0.3, -0.25) is 9.78 Å². The Labute approximate surface area is 189 Å². The lowest BCUT2D eigenvalue weighted by molar-refractivity contribution is -0.144. The zero-order valence-corrected chi connectivity index (χ0v) is 19.0. The number of aromatic nitrogens is 1. The molecule has 0 fully saturated rings. The number of esters is 1. The average Bonchev–Trinajstić information content (AvgIpc) is 2.79. The summed E-state index contributed by atoms with van der Waals surface area (Å²) in [5, 5.41) is 3.97. The molecule has 1 atom stereocenters. The predicted molar refractivity (Wildman–Crippen MR) is 128 cm³/mol. The molecule has 0 saturated carbocycles.